The lowest BCUT2D eigenvalue weighted by atomic mass is 9.78. The van der Waals surface area contributed by atoms with E-state index >= 15 is 0 Å². The summed E-state index contributed by atoms with van der Waals surface area (Å²) in [5.74, 6) is 0. The molecule has 9 aromatic carbocycles. The van der Waals surface area contributed by atoms with Crippen LogP contribution in [0.25, 0.3) is 88.0 Å². The minimum atomic E-state index is -0.132. The molecule has 9 aromatic rings. The van der Waals surface area contributed by atoms with Gasteiger partial charge in [0, 0.05) is 5.41 Å². The first-order valence-corrected chi connectivity index (χ1v) is 20.7. The largest absolute Gasteiger partial charge is 0.0654 e. The molecule has 0 saturated carbocycles. The fraction of sp³-hybridized carbons (Fsp3) is 0.158. The van der Waals surface area contributed by atoms with Gasteiger partial charge in [0.1, 0.15) is 0 Å². The molecule has 0 radical (unpaired) electrons. The summed E-state index contributed by atoms with van der Waals surface area (Å²) >= 11 is 0. The summed E-state index contributed by atoms with van der Waals surface area (Å²) in [5.41, 5.74) is 18.3. The highest BCUT2D eigenvalue weighted by atomic mass is 14.4. The Hall–Kier alpha value is -6.24. The highest BCUT2D eigenvalue weighted by molar-refractivity contribution is 6.22. The molecule has 0 atom stereocenters. The Labute approximate surface area is 338 Å². The Balaban J connectivity index is 0.00000101. The number of fused-ring (bicyclic) bond motifs is 6. The van der Waals surface area contributed by atoms with Gasteiger partial charge in [0.15, 0.2) is 0 Å². The Morgan fingerprint density at radius 3 is 1.53 bits per heavy atom. The van der Waals surface area contributed by atoms with Gasteiger partial charge in [-0.05, 0) is 142 Å². The van der Waals surface area contributed by atoms with Crippen molar-refractivity contribution in [2.24, 2.45) is 0 Å². The Kier molecular flexibility index (Phi) is 9.38. The molecule has 0 spiro atoms. The van der Waals surface area contributed by atoms with Crippen molar-refractivity contribution in [3.63, 3.8) is 0 Å². The summed E-state index contributed by atoms with van der Waals surface area (Å²) in [5, 5.41) is 7.70. The van der Waals surface area contributed by atoms with Crippen LogP contribution >= 0.6 is 0 Å². The maximum absolute atomic E-state index is 2.43. The van der Waals surface area contributed by atoms with Crippen LogP contribution < -0.4 is 0 Å². The second kappa shape index (κ2) is 14.7. The highest BCUT2D eigenvalue weighted by Gasteiger charge is 2.38. The lowest BCUT2D eigenvalue weighted by Gasteiger charge is -2.25. The number of hydrogen-bond acceptors (Lipinski definition) is 0. The zero-order valence-electron chi connectivity index (χ0n) is 34.1. The summed E-state index contributed by atoms with van der Waals surface area (Å²) in [6, 6.07) is 63.3. The lowest BCUT2D eigenvalue weighted by molar-refractivity contribution is 0.663. The third-order valence-electron chi connectivity index (χ3n) is 12.5. The first-order chi connectivity index (χ1) is 27.8. The van der Waals surface area contributed by atoms with Crippen LogP contribution in [0.5, 0.6) is 0 Å². The van der Waals surface area contributed by atoms with E-state index in [1.165, 1.54) is 123 Å². The van der Waals surface area contributed by atoms with Gasteiger partial charge >= 0.3 is 0 Å². The maximum atomic E-state index is 2.43. The molecule has 0 heteroatoms. The van der Waals surface area contributed by atoms with Gasteiger partial charge in [0.05, 0.1) is 0 Å². The standard InChI is InChI=1S/C53H40.C4H10/c1-33-16-5-8-21-39(33)40-26-14-27-41(34(40)2)51-45-24-11-9-22-43(45)50(44-23-10-12-25-46(44)51)38-20-13-19-37(30-38)42-28-15-29-47-48-31-35-17-6-7-18-36(35)32-49(48)53(3,4)52(42)47;1-3-4-2/h5-32H,1-4H3;3-4H2,1-2H3. The molecule has 0 aliphatic heterocycles. The van der Waals surface area contributed by atoms with Crippen LogP contribution in [0.1, 0.15) is 62.8 Å². The molecule has 0 bridgehead atoms. The van der Waals surface area contributed by atoms with Crippen LogP contribution in [0.15, 0.2) is 170 Å². The molecule has 0 unspecified atom stereocenters. The first-order valence-electron chi connectivity index (χ1n) is 20.7. The van der Waals surface area contributed by atoms with Crippen LogP contribution in [-0.2, 0) is 5.41 Å². The second-order valence-corrected chi connectivity index (χ2v) is 16.3. The van der Waals surface area contributed by atoms with Crippen LogP contribution in [0.4, 0.5) is 0 Å². The Bertz CT molecular complexity index is 2910. The van der Waals surface area contributed by atoms with Crippen LogP contribution in [0, 0.1) is 13.8 Å². The molecule has 1 aliphatic carbocycles. The molecule has 0 N–H and O–H groups in total. The number of benzene rings is 9. The van der Waals surface area contributed by atoms with Crippen molar-refractivity contribution in [2.45, 2.75) is 59.8 Å². The first kappa shape index (κ1) is 36.4. The van der Waals surface area contributed by atoms with E-state index in [4.69, 9.17) is 0 Å². The van der Waals surface area contributed by atoms with Gasteiger partial charge in [0.2, 0.25) is 0 Å². The third kappa shape index (κ3) is 6.07. The monoisotopic (exact) mass is 734 g/mol. The fourth-order valence-corrected chi connectivity index (χ4v) is 9.45. The van der Waals surface area contributed by atoms with Crippen molar-refractivity contribution in [3.8, 4) is 55.6 Å². The molecule has 0 aromatic heterocycles. The summed E-state index contributed by atoms with van der Waals surface area (Å²) in [6.07, 6.45) is 2.64. The van der Waals surface area contributed by atoms with Gasteiger partial charge in [-0.1, -0.05) is 192 Å². The van der Waals surface area contributed by atoms with Crippen molar-refractivity contribution in [2.75, 3.05) is 0 Å². The van der Waals surface area contributed by atoms with Gasteiger partial charge in [-0.15, -0.1) is 0 Å². The van der Waals surface area contributed by atoms with Gasteiger partial charge in [-0.25, -0.2) is 0 Å². The molecule has 278 valence electrons. The van der Waals surface area contributed by atoms with Crippen molar-refractivity contribution in [1.29, 1.82) is 0 Å². The highest BCUT2D eigenvalue weighted by Crippen LogP contribution is 2.54. The zero-order chi connectivity index (χ0) is 39.3. The number of aryl methyl sites for hydroxylation is 1. The van der Waals surface area contributed by atoms with Crippen molar-refractivity contribution >= 4 is 32.3 Å². The third-order valence-corrected chi connectivity index (χ3v) is 12.5. The average molecular weight is 735 g/mol. The molecule has 0 saturated heterocycles. The molecule has 10 rings (SSSR count). The summed E-state index contributed by atoms with van der Waals surface area (Å²) in [7, 11) is 0. The van der Waals surface area contributed by atoms with Crippen LogP contribution in [0.3, 0.4) is 0 Å². The minimum absolute atomic E-state index is 0.132. The Morgan fingerprint density at radius 1 is 0.386 bits per heavy atom. The van der Waals surface area contributed by atoms with Crippen LogP contribution in [-0.4, -0.2) is 0 Å². The van der Waals surface area contributed by atoms with E-state index in [9.17, 15) is 0 Å². The zero-order valence-corrected chi connectivity index (χ0v) is 34.1. The summed E-state index contributed by atoms with van der Waals surface area (Å²) in [4.78, 5) is 0. The van der Waals surface area contributed by atoms with Crippen molar-refractivity contribution in [1.82, 2.24) is 0 Å². The fourth-order valence-electron chi connectivity index (χ4n) is 9.45. The number of rotatable bonds is 5. The van der Waals surface area contributed by atoms with Crippen molar-refractivity contribution in [3.05, 3.63) is 192 Å². The molecule has 0 fully saturated rings. The summed E-state index contributed by atoms with van der Waals surface area (Å²) in [6.45, 7) is 13.7. The predicted molar refractivity (Wildman–Crippen MR) is 248 cm³/mol. The smallest absolute Gasteiger partial charge is 0.0165 e. The number of hydrogen-bond donors (Lipinski definition) is 0. The predicted octanol–water partition coefficient (Wildman–Crippen LogP) is 16.5. The van der Waals surface area contributed by atoms with E-state index in [1.54, 1.807) is 0 Å². The molecule has 1 aliphatic rings. The van der Waals surface area contributed by atoms with E-state index in [0.717, 1.165) is 0 Å². The molecule has 0 heterocycles. The maximum Gasteiger partial charge on any atom is 0.0165 e. The summed E-state index contributed by atoms with van der Waals surface area (Å²) < 4.78 is 0. The lowest BCUT2D eigenvalue weighted by Crippen LogP contribution is -2.16. The van der Waals surface area contributed by atoms with Gasteiger partial charge < -0.3 is 0 Å². The van der Waals surface area contributed by atoms with Crippen LogP contribution in [0.2, 0.25) is 0 Å². The van der Waals surface area contributed by atoms with Gasteiger partial charge in [0.25, 0.3) is 0 Å². The SMILES string of the molecule is CCCC.Cc1ccccc1-c1cccc(-c2c3ccccc3c(-c3cccc(-c4cccc5c4C(C)(C)c4cc6ccccc6cc4-5)c3)c3ccccc23)c1C. The van der Waals surface area contributed by atoms with E-state index in [0.29, 0.717) is 0 Å². The number of unbranched alkanes of at least 4 members (excludes halogenated alkanes) is 1. The molecular weight excluding hydrogens is 685 g/mol. The van der Waals surface area contributed by atoms with E-state index in [2.05, 4.69) is 211 Å². The van der Waals surface area contributed by atoms with Crippen molar-refractivity contribution < 1.29 is 0 Å². The van der Waals surface area contributed by atoms with E-state index in [-0.39, 0.29) is 5.41 Å². The average Bonchev–Trinajstić information content (AvgIpc) is 3.47. The molecule has 0 amide bonds. The molecular formula is C57H50. The quantitative estimate of drug-likeness (QED) is 0.154. The topological polar surface area (TPSA) is 0 Å². The Morgan fingerprint density at radius 2 is 0.877 bits per heavy atom. The molecule has 57 heavy (non-hydrogen) atoms. The van der Waals surface area contributed by atoms with Gasteiger partial charge in [-0.3, -0.25) is 0 Å². The van der Waals surface area contributed by atoms with E-state index < -0.39 is 0 Å². The second-order valence-electron chi connectivity index (χ2n) is 16.3. The minimum Gasteiger partial charge on any atom is -0.0654 e. The van der Waals surface area contributed by atoms with Gasteiger partial charge in [-0.2, -0.15) is 0 Å². The molecule has 0 nitrogen and oxygen atoms in total. The normalized spacial score (nSPS) is 12.7. The van der Waals surface area contributed by atoms with E-state index in [1.807, 2.05) is 0 Å².